The van der Waals surface area contributed by atoms with Crippen molar-refractivity contribution in [2.75, 3.05) is 20.1 Å². The van der Waals surface area contributed by atoms with Gasteiger partial charge in [-0.2, -0.15) is 5.10 Å². The fourth-order valence-corrected chi connectivity index (χ4v) is 3.22. The lowest BCUT2D eigenvalue weighted by Crippen LogP contribution is -2.40. The van der Waals surface area contributed by atoms with Crippen LogP contribution >= 0.6 is 0 Å². The van der Waals surface area contributed by atoms with Crippen LogP contribution in [0.15, 0.2) is 66.2 Å². The number of guanidine groups is 1. The average molecular weight is 377 g/mol. The number of hydrogen-bond donors (Lipinski definition) is 1. The first kappa shape index (κ1) is 18.0. The van der Waals surface area contributed by atoms with Gasteiger partial charge in [0, 0.05) is 57.4 Å². The molecule has 0 bridgehead atoms. The first-order valence-electron chi connectivity index (χ1n) is 9.30. The molecule has 4 rings (SSSR count). The SMILES string of the molecule is CN=C(NCc1ccnc(-n2cccn2)c1)N1CCC(Oc2ccccn2)C1. The third-order valence-electron chi connectivity index (χ3n) is 4.58. The van der Waals surface area contributed by atoms with Gasteiger partial charge in [-0.15, -0.1) is 0 Å². The number of aliphatic imine (C=N–C) groups is 1. The highest BCUT2D eigenvalue weighted by molar-refractivity contribution is 5.80. The molecule has 3 aromatic rings. The summed E-state index contributed by atoms with van der Waals surface area (Å²) in [5, 5.41) is 7.66. The van der Waals surface area contributed by atoms with Crippen molar-refractivity contribution in [2.24, 2.45) is 4.99 Å². The number of pyridine rings is 2. The Bertz CT molecular complexity index is 911. The van der Waals surface area contributed by atoms with Crippen molar-refractivity contribution < 1.29 is 4.74 Å². The van der Waals surface area contributed by atoms with E-state index >= 15 is 0 Å². The van der Waals surface area contributed by atoms with Crippen LogP contribution in [0.2, 0.25) is 0 Å². The molecule has 4 heterocycles. The van der Waals surface area contributed by atoms with E-state index in [-0.39, 0.29) is 6.10 Å². The Morgan fingerprint density at radius 2 is 2.18 bits per heavy atom. The number of nitrogens with one attached hydrogen (secondary N) is 1. The summed E-state index contributed by atoms with van der Waals surface area (Å²) in [5.41, 5.74) is 1.11. The van der Waals surface area contributed by atoms with Crippen molar-refractivity contribution in [3.05, 3.63) is 66.7 Å². The highest BCUT2D eigenvalue weighted by Gasteiger charge is 2.26. The molecule has 1 fully saturated rings. The molecule has 0 radical (unpaired) electrons. The fourth-order valence-electron chi connectivity index (χ4n) is 3.22. The van der Waals surface area contributed by atoms with E-state index in [1.165, 1.54) is 0 Å². The molecule has 0 amide bonds. The third kappa shape index (κ3) is 4.28. The van der Waals surface area contributed by atoms with Gasteiger partial charge in [-0.1, -0.05) is 6.07 Å². The van der Waals surface area contributed by atoms with E-state index in [4.69, 9.17) is 4.74 Å². The van der Waals surface area contributed by atoms with Gasteiger partial charge in [0.05, 0.1) is 6.54 Å². The van der Waals surface area contributed by atoms with Crippen LogP contribution < -0.4 is 10.1 Å². The highest BCUT2D eigenvalue weighted by atomic mass is 16.5. The molecule has 8 nitrogen and oxygen atoms in total. The average Bonchev–Trinajstić information content (AvgIpc) is 3.42. The van der Waals surface area contributed by atoms with Gasteiger partial charge in [-0.05, 0) is 29.8 Å². The number of aromatic nitrogens is 4. The van der Waals surface area contributed by atoms with Crippen LogP contribution in [0, 0.1) is 0 Å². The van der Waals surface area contributed by atoms with Crippen molar-refractivity contribution in [3.8, 4) is 11.7 Å². The molecular weight excluding hydrogens is 354 g/mol. The Balaban J connectivity index is 1.34. The largest absolute Gasteiger partial charge is 0.472 e. The lowest BCUT2D eigenvalue weighted by atomic mass is 10.2. The molecule has 3 aromatic heterocycles. The molecule has 1 unspecified atom stereocenters. The van der Waals surface area contributed by atoms with Crippen molar-refractivity contribution >= 4 is 5.96 Å². The van der Waals surface area contributed by atoms with Crippen LogP contribution in [-0.2, 0) is 6.54 Å². The van der Waals surface area contributed by atoms with Crippen molar-refractivity contribution in [2.45, 2.75) is 19.1 Å². The number of hydrogen-bond acceptors (Lipinski definition) is 5. The van der Waals surface area contributed by atoms with Gasteiger partial charge in [0.15, 0.2) is 11.8 Å². The zero-order valence-corrected chi connectivity index (χ0v) is 15.8. The second-order valence-electron chi connectivity index (χ2n) is 6.52. The fraction of sp³-hybridized carbons (Fsp3) is 0.300. The maximum Gasteiger partial charge on any atom is 0.213 e. The van der Waals surface area contributed by atoms with E-state index in [9.17, 15) is 0 Å². The molecule has 0 aliphatic carbocycles. The van der Waals surface area contributed by atoms with Crippen molar-refractivity contribution in [1.82, 2.24) is 30.0 Å². The zero-order valence-electron chi connectivity index (χ0n) is 15.8. The molecule has 0 saturated carbocycles. The third-order valence-corrected chi connectivity index (χ3v) is 4.58. The summed E-state index contributed by atoms with van der Waals surface area (Å²) < 4.78 is 7.71. The smallest absolute Gasteiger partial charge is 0.213 e. The van der Waals surface area contributed by atoms with Crippen LogP contribution in [-0.4, -0.2) is 56.8 Å². The topological polar surface area (TPSA) is 80.5 Å². The van der Waals surface area contributed by atoms with E-state index in [2.05, 4.69) is 30.3 Å². The minimum absolute atomic E-state index is 0.112. The Kier molecular flexibility index (Phi) is 5.46. The maximum atomic E-state index is 5.97. The molecule has 8 heteroatoms. The van der Waals surface area contributed by atoms with Gasteiger partial charge in [-0.25, -0.2) is 14.6 Å². The van der Waals surface area contributed by atoms with E-state index in [1.54, 1.807) is 30.3 Å². The van der Waals surface area contributed by atoms with Gasteiger partial charge in [0.2, 0.25) is 5.88 Å². The lowest BCUT2D eigenvalue weighted by molar-refractivity contribution is 0.205. The highest BCUT2D eigenvalue weighted by Crippen LogP contribution is 2.16. The maximum absolute atomic E-state index is 5.97. The van der Waals surface area contributed by atoms with E-state index < -0.39 is 0 Å². The van der Waals surface area contributed by atoms with Crippen LogP contribution in [0.1, 0.15) is 12.0 Å². The number of ether oxygens (including phenoxy) is 1. The van der Waals surface area contributed by atoms with Gasteiger partial charge < -0.3 is 15.0 Å². The Morgan fingerprint density at radius 1 is 1.21 bits per heavy atom. The summed E-state index contributed by atoms with van der Waals surface area (Å²) in [7, 11) is 1.80. The summed E-state index contributed by atoms with van der Waals surface area (Å²) in [6.45, 7) is 2.34. The summed E-state index contributed by atoms with van der Waals surface area (Å²) in [4.78, 5) is 15.2. The molecule has 0 spiro atoms. The van der Waals surface area contributed by atoms with Gasteiger partial charge in [0.1, 0.15) is 6.10 Å². The second kappa shape index (κ2) is 8.51. The second-order valence-corrected chi connectivity index (χ2v) is 6.52. The summed E-state index contributed by atoms with van der Waals surface area (Å²) >= 11 is 0. The summed E-state index contributed by atoms with van der Waals surface area (Å²) in [6, 6.07) is 11.6. The minimum atomic E-state index is 0.112. The van der Waals surface area contributed by atoms with Crippen molar-refractivity contribution in [1.29, 1.82) is 0 Å². The molecular formula is C20H23N7O. The predicted molar refractivity (Wildman–Crippen MR) is 106 cm³/mol. The predicted octanol–water partition coefficient (Wildman–Crippen LogP) is 1.89. The first-order valence-corrected chi connectivity index (χ1v) is 9.30. The molecule has 1 atom stereocenters. The molecule has 144 valence electrons. The molecule has 28 heavy (non-hydrogen) atoms. The molecule has 1 saturated heterocycles. The van der Waals surface area contributed by atoms with E-state index in [1.807, 2.05) is 42.6 Å². The number of likely N-dealkylation sites (tertiary alicyclic amines) is 1. The van der Waals surface area contributed by atoms with E-state index in [0.29, 0.717) is 12.4 Å². The molecule has 0 aromatic carbocycles. The normalized spacial score (nSPS) is 17.0. The lowest BCUT2D eigenvalue weighted by Gasteiger charge is -2.21. The monoisotopic (exact) mass is 377 g/mol. The standard InChI is InChI=1S/C20H23N7O/c1-21-20(26-12-7-17(15-26)28-19-5-2-3-8-23-19)24-14-16-6-10-22-18(13-16)27-11-4-9-25-27/h2-6,8-11,13,17H,7,12,14-15H2,1H3,(H,21,24). The van der Waals surface area contributed by atoms with Crippen LogP contribution in [0.25, 0.3) is 5.82 Å². The Labute approximate surface area is 163 Å². The van der Waals surface area contributed by atoms with Crippen LogP contribution in [0.3, 0.4) is 0 Å². The van der Waals surface area contributed by atoms with Crippen LogP contribution in [0.5, 0.6) is 5.88 Å². The quantitative estimate of drug-likeness (QED) is 0.540. The van der Waals surface area contributed by atoms with Crippen molar-refractivity contribution in [3.63, 3.8) is 0 Å². The molecule has 1 aliphatic heterocycles. The number of rotatable bonds is 5. The minimum Gasteiger partial charge on any atom is -0.472 e. The van der Waals surface area contributed by atoms with Gasteiger partial charge in [0.25, 0.3) is 0 Å². The van der Waals surface area contributed by atoms with Crippen LogP contribution in [0.4, 0.5) is 0 Å². The zero-order chi connectivity index (χ0) is 19.2. The molecule has 1 N–H and O–H groups in total. The Morgan fingerprint density at radius 3 is 2.96 bits per heavy atom. The van der Waals surface area contributed by atoms with Gasteiger partial charge in [-0.3, -0.25) is 4.99 Å². The first-order chi connectivity index (χ1) is 13.8. The summed E-state index contributed by atoms with van der Waals surface area (Å²) in [6.07, 6.45) is 8.21. The van der Waals surface area contributed by atoms with Gasteiger partial charge >= 0.3 is 0 Å². The Hall–Kier alpha value is -3.42. The molecule has 1 aliphatic rings. The summed E-state index contributed by atoms with van der Waals surface area (Å²) in [5.74, 6) is 2.33. The van der Waals surface area contributed by atoms with E-state index in [0.717, 1.165) is 36.9 Å². The number of nitrogens with zero attached hydrogens (tertiary/aromatic N) is 6.